The minimum atomic E-state index is -0.473. The summed E-state index contributed by atoms with van der Waals surface area (Å²) >= 11 is 1.31. The molecule has 0 saturated heterocycles. The number of anilines is 1. The maximum atomic E-state index is 13.0. The fourth-order valence-electron chi connectivity index (χ4n) is 3.19. The van der Waals surface area contributed by atoms with Crippen molar-refractivity contribution in [1.29, 1.82) is 0 Å². The Morgan fingerprint density at radius 2 is 1.97 bits per heavy atom. The molecular weight excluding hydrogens is 430 g/mol. The summed E-state index contributed by atoms with van der Waals surface area (Å²) in [6.45, 7) is 2.46. The second-order valence-corrected chi connectivity index (χ2v) is 7.65. The summed E-state index contributed by atoms with van der Waals surface area (Å²) < 4.78 is 7.19. The summed E-state index contributed by atoms with van der Waals surface area (Å²) in [4.78, 5) is 27.9. The SMILES string of the molecule is CCOc1ccccc1-c1csc(NC(=O)c2cn(C)nc2-c2ccc([N+](=O)[O-])cc2)n1. The Morgan fingerprint density at radius 3 is 2.69 bits per heavy atom. The summed E-state index contributed by atoms with van der Waals surface area (Å²) in [5, 5.41) is 20.4. The number of carbonyl (C=O) groups excluding carboxylic acids is 1. The van der Waals surface area contributed by atoms with E-state index in [1.54, 1.807) is 25.4 Å². The number of amides is 1. The van der Waals surface area contributed by atoms with Crippen LogP contribution in [-0.4, -0.2) is 32.2 Å². The van der Waals surface area contributed by atoms with E-state index in [0.717, 1.165) is 11.3 Å². The Balaban J connectivity index is 1.58. The van der Waals surface area contributed by atoms with Crippen LogP contribution in [0.3, 0.4) is 0 Å². The third kappa shape index (κ3) is 4.35. The average molecular weight is 449 g/mol. The van der Waals surface area contributed by atoms with Crippen molar-refractivity contribution in [2.45, 2.75) is 6.92 Å². The largest absolute Gasteiger partial charge is 0.493 e. The van der Waals surface area contributed by atoms with Gasteiger partial charge in [0.05, 0.1) is 22.8 Å². The van der Waals surface area contributed by atoms with Crippen molar-refractivity contribution >= 4 is 28.1 Å². The zero-order valence-electron chi connectivity index (χ0n) is 17.3. The van der Waals surface area contributed by atoms with Crippen LogP contribution < -0.4 is 10.1 Å². The van der Waals surface area contributed by atoms with Crippen molar-refractivity contribution in [2.75, 3.05) is 11.9 Å². The summed E-state index contributed by atoms with van der Waals surface area (Å²) in [6.07, 6.45) is 1.60. The number of nitrogens with one attached hydrogen (secondary N) is 1. The van der Waals surface area contributed by atoms with Gasteiger partial charge in [-0.1, -0.05) is 12.1 Å². The van der Waals surface area contributed by atoms with Gasteiger partial charge in [0.1, 0.15) is 11.4 Å². The maximum Gasteiger partial charge on any atom is 0.269 e. The molecule has 0 atom stereocenters. The van der Waals surface area contributed by atoms with E-state index in [0.29, 0.717) is 34.3 Å². The molecule has 1 amide bonds. The third-order valence-electron chi connectivity index (χ3n) is 4.61. The lowest BCUT2D eigenvalue weighted by Crippen LogP contribution is -2.12. The number of nitro benzene ring substituents is 1. The van der Waals surface area contributed by atoms with E-state index in [4.69, 9.17) is 4.74 Å². The number of ether oxygens (including phenoxy) is 1. The molecule has 0 radical (unpaired) electrons. The van der Waals surface area contributed by atoms with Crippen LogP contribution in [0.2, 0.25) is 0 Å². The van der Waals surface area contributed by atoms with Crippen molar-refractivity contribution < 1.29 is 14.5 Å². The van der Waals surface area contributed by atoms with Gasteiger partial charge in [-0.2, -0.15) is 5.10 Å². The highest BCUT2D eigenvalue weighted by molar-refractivity contribution is 7.14. The normalized spacial score (nSPS) is 10.7. The Morgan fingerprint density at radius 1 is 1.22 bits per heavy atom. The number of non-ortho nitro benzene ring substituents is 1. The molecule has 1 N–H and O–H groups in total. The topological polar surface area (TPSA) is 112 Å². The van der Waals surface area contributed by atoms with E-state index in [1.807, 2.05) is 36.6 Å². The lowest BCUT2D eigenvalue weighted by Gasteiger charge is -2.07. The van der Waals surface area contributed by atoms with Crippen molar-refractivity contribution in [3.63, 3.8) is 0 Å². The highest BCUT2D eigenvalue weighted by Gasteiger charge is 2.20. The van der Waals surface area contributed by atoms with Gasteiger partial charge < -0.3 is 4.74 Å². The molecule has 32 heavy (non-hydrogen) atoms. The van der Waals surface area contributed by atoms with Gasteiger partial charge in [0.2, 0.25) is 0 Å². The minimum Gasteiger partial charge on any atom is -0.493 e. The highest BCUT2D eigenvalue weighted by atomic mass is 32.1. The van der Waals surface area contributed by atoms with Crippen LogP contribution in [0.15, 0.2) is 60.1 Å². The van der Waals surface area contributed by atoms with Gasteiger partial charge in [-0.15, -0.1) is 11.3 Å². The first-order valence-corrected chi connectivity index (χ1v) is 10.6. The summed E-state index contributed by atoms with van der Waals surface area (Å²) in [7, 11) is 1.71. The number of nitrogens with zero attached hydrogens (tertiary/aromatic N) is 4. The smallest absolute Gasteiger partial charge is 0.269 e. The summed E-state index contributed by atoms with van der Waals surface area (Å²) in [6, 6.07) is 13.5. The zero-order chi connectivity index (χ0) is 22.7. The monoisotopic (exact) mass is 449 g/mol. The minimum absolute atomic E-state index is 0.0293. The summed E-state index contributed by atoms with van der Waals surface area (Å²) in [5.74, 6) is 0.358. The number of hydrogen-bond donors (Lipinski definition) is 1. The van der Waals surface area contributed by atoms with Gasteiger partial charge in [-0.3, -0.25) is 24.9 Å². The van der Waals surface area contributed by atoms with Crippen molar-refractivity contribution in [3.8, 4) is 28.3 Å². The molecule has 0 aliphatic carbocycles. The van der Waals surface area contributed by atoms with Crippen LogP contribution >= 0.6 is 11.3 Å². The van der Waals surface area contributed by atoms with E-state index in [2.05, 4.69) is 15.4 Å². The molecule has 0 fully saturated rings. The van der Waals surface area contributed by atoms with Crippen LogP contribution in [0.4, 0.5) is 10.8 Å². The fraction of sp³-hybridized carbons (Fsp3) is 0.136. The van der Waals surface area contributed by atoms with Gasteiger partial charge >= 0.3 is 0 Å². The molecule has 9 nitrogen and oxygen atoms in total. The first-order valence-electron chi connectivity index (χ1n) is 9.73. The highest BCUT2D eigenvalue weighted by Crippen LogP contribution is 2.32. The quantitative estimate of drug-likeness (QED) is 0.321. The Bertz CT molecular complexity index is 1280. The second kappa shape index (κ2) is 8.98. The van der Waals surface area contributed by atoms with Crippen LogP contribution in [0.1, 0.15) is 17.3 Å². The molecule has 0 saturated carbocycles. The van der Waals surface area contributed by atoms with Gasteiger partial charge in [-0.05, 0) is 31.2 Å². The molecule has 10 heteroatoms. The summed E-state index contributed by atoms with van der Waals surface area (Å²) in [5.41, 5.74) is 2.89. The first-order chi connectivity index (χ1) is 15.5. The van der Waals surface area contributed by atoms with Crippen LogP contribution in [0.25, 0.3) is 22.5 Å². The second-order valence-electron chi connectivity index (χ2n) is 6.79. The molecule has 0 aliphatic heterocycles. The van der Waals surface area contributed by atoms with Gasteiger partial charge in [0.25, 0.3) is 11.6 Å². The molecule has 0 aliphatic rings. The Labute approximate surface area is 187 Å². The molecule has 0 spiro atoms. The predicted molar refractivity (Wildman–Crippen MR) is 122 cm³/mol. The molecule has 4 aromatic rings. The Kier molecular flexibility index (Phi) is 5.95. The number of aryl methyl sites for hydroxylation is 1. The van der Waals surface area contributed by atoms with E-state index >= 15 is 0 Å². The number of carbonyl (C=O) groups is 1. The number of thiazole rings is 1. The first kappa shape index (κ1) is 21.2. The Hall–Kier alpha value is -4.05. The number of para-hydroxylation sites is 1. The molecule has 0 unspecified atom stereocenters. The maximum absolute atomic E-state index is 13.0. The zero-order valence-corrected chi connectivity index (χ0v) is 18.1. The standard InChI is InChI=1S/C22H19N5O4S/c1-3-31-19-7-5-4-6-16(19)18-13-32-22(23-18)24-21(28)17-12-26(2)25-20(17)14-8-10-15(11-9-14)27(29)30/h4-13H,3H2,1-2H3,(H,23,24,28). The molecule has 2 heterocycles. The van der Waals surface area contributed by atoms with E-state index < -0.39 is 4.92 Å². The van der Waals surface area contributed by atoms with E-state index in [-0.39, 0.29) is 11.6 Å². The van der Waals surface area contributed by atoms with Crippen LogP contribution in [0, 0.1) is 10.1 Å². The van der Waals surface area contributed by atoms with Crippen molar-refractivity contribution in [1.82, 2.24) is 14.8 Å². The number of nitro groups is 1. The van der Waals surface area contributed by atoms with E-state index in [1.165, 1.54) is 28.2 Å². The molecule has 0 bridgehead atoms. The molecule has 2 aromatic carbocycles. The van der Waals surface area contributed by atoms with Crippen LogP contribution in [0.5, 0.6) is 5.75 Å². The van der Waals surface area contributed by atoms with Crippen molar-refractivity contribution in [3.05, 3.63) is 75.8 Å². The van der Waals surface area contributed by atoms with Gasteiger partial charge in [-0.25, -0.2) is 4.98 Å². The van der Waals surface area contributed by atoms with Gasteiger partial charge in [0.15, 0.2) is 5.13 Å². The predicted octanol–water partition coefficient (Wildman–Crippen LogP) is 4.77. The third-order valence-corrected chi connectivity index (χ3v) is 5.37. The van der Waals surface area contributed by atoms with Gasteiger partial charge in [0, 0.05) is 41.9 Å². The van der Waals surface area contributed by atoms with Crippen molar-refractivity contribution in [2.24, 2.45) is 7.05 Å². The lowest BCUT2D eigenvalue weighted by molar-refractivity contribution is -0.384. The molecule has 4 rings (SSSR count). The van der Waals surface area contributed by atoms with E-state index in [9.17, 15) is 14.9 Å². The number of hydrogen-bond acceptors (Lipinski definition) is 7. The molecule has 2 aromatic heterocycles. The number of benzene rings is 2. The molecule has 162 valence electrons. The molecular formula is C22H19N5O4S. The fourth-order valence-corrected chi connectivity index (χ4v) is 3.89. The number of aromatic nitrogens is 3. The van der Waals surface area contributed by atoms with Crippen LogP contribution in [-0.2, 0) is 7.05 Å². The number of rotatable bonds is 7. The lowest BCUT2D eigenvalue weighted by atomic mass is 10.1. The average Bonchev–Trinajstić information content (AvgIpc) is 3.41.